The highest BCUT2D eigenvalue weighted by atomic mass is 32.2. The molecule has 2 amide bonds. The molecule has 0 spiro atoms. The lowest BCUT2D eigenvalue weighted by Crippen LogP contribution is -2.32. The predicted octanol–water partition coefficient (Wildman–Crippen LogP) is 2.64. The van der Waals surface area contributed by atoms with Crippen LogP contribution in [0.25, 0.3) is 11.4 Å². The number of benzene rings is 1. The van der Waals surface area contributed by atoms with Crippen LogP contribution in [0, 0.1) is 5.82 Å². The smallest absolute Gasteiger partial charge is 0.413 e. The van der Waals surface area contributed by atoms with Gasteiger partial charge in [-0.05, 0) is 31.2 Å². The number of ether oxygens (including phenoxy) is 1. The Labute approximate surface area is 148 Å². The molecule has 0 atom stereocenters. The number of aromatic nitrogens is 3. The normalized spacial score (nSPS) is 10.3. The van der Waals surface area contributed by atoms with Crippen molar-refractivity contribution in [2.75, 3.05) is 12.4 Å². The zero-order valence-electron chi connectivity index (χ0n) is 13.6. The lowest BCUT2D eigenvalue weighted by atomic mass is 10.2. The van der Waals surface area contributed by atoms with Crippen LogP contribution in [-0.2, 0) is 16.1 Å². The van der Waals surface area contributed by atoms with Gasteiger partial charge in [0.25, 0.3) is 0 Å². The van der Waals surface area contributed by atoms with Crippen LogP contribution in [-0.4, -0.2) is 39.1 Å². The topological polar surface area (TPSA) is 86.1 Å². The summed E-state index contributed by atoms with van der Waals surface area (Å²) in [6, 6.07) is 5.87. The first kappa shape index (κ1) is 18.7. The fourth-order valence-electron chi connectivity index (χ4n) is 1.95. The first-order valence-electron chi connectivity index (χ1n) is 7.44. The van der Waals surface area contributed by atoms with E-state index in [-0.39, 0.29) is 18.2 Å². The number of nitrogens with one attached hydrogen (secondary N) is 1. The van der Waals surface area contributed by atoms with Gasteiger partial charge in [-0.2, -0.15) is 0 Å². The van der Waals surface area contributed by atoms with Gasteiger partial charge in [0, 0.05) is 12.1 Å². The molecule has 0 radical (unpaired) electrons. The number of rotatable bonds is 7. The highest BCUT2D eigenvalue weighted by Crippen LogP contribution is 2.24. The van der Waals surface area contributed by atoms with Gasteiger partial charge in [-0.15, -0.1) is 16.8 Å². The van der Waals surface area contributed by atoms with E-state index in [1.165, 1.54) is 12.1 Å². The van der Waals surface area contributed by atoms with E-state index in [0.717, 1.165) is 11.8 Å². The Hall–Kier alpha value is -2.68. The standard InChI is InChI=1S/C16H17FN4O3S/c1-3-9-21-14(11-5-7-12(17)8-6-11)19-20-15(21)25-10-13(22)18-16(23)24-4-2/h3,5-8H,1,4,9-10H2,2H3,(H,18,22,23). The van der Waals surface area contributed by atoms with Crippen LogP contribution in [0.5, 0.6) is 0 Å². The second-order valence-corrected chi connectivity index (χ2v) is 5.71. The van der Waals surface area contributed by atoms with Crippen molar-refractivity contribution in [1.82, 2.24) is 20.1 Å². The molecule has 1 N–H and O–H groups in total. The Kier molecular flexibility index (Phi) is 6.70. The summed E-state index contributed by atoms with van der Waals surface area (Å²) in [4.78, 5) is 22.9. The molecule has 0 saturated carbocycles. The Bertz CT molecular complexity index is 761. The zero-order chi connectivity index (χ0) is 18.2. The maximum atomic E-state index is 13.1. The van der Waals surface area contributed by atoms with Gasteiger partial charge in [-0.3, -0.25) is 14.7 Å². The molecule has 0 aliphatic rings. The molecule has 0 aliphatic carbocycles. The Balaban J connectivity index is 2.10. The number of allylic oxidation sites excluding steroid dienone is 1. The third-order valence-corrected chi connectivity index (χ3v) is 3.95. The van der Waals surface area contributed by atoms with Crippen LogP contribution in [0.4, 0.5) is 9.18 Å². The molecule has 132 valence electrons. The molecule has 0 saturated heterocycles. The highest BCUT2D eigenvalue weighted by Gasteiger charge is 2.16. The number of carbonyl (C=O) groups excluding carboxylic acids is 2. The van der Waals surface area contributed by atoms with Crippen molar-refractivity contribution in [2.24, 2.45) is 0 Å². The van der Waals surface area contributed by atoms with Crippen molar-refractivity contribution in [2.45, 2.75) is 18.6 Å². The van der Waals surface area contributed by atoms with Crippen LogP contribution < -0.4 is 5.32 Å². The van der Waals surface area contributed by atoms with Crippen molar-refractivity contribution in [3.8, 4) is 11.4 Å². The second kappa shape index (κ2) is 8.97. The molecule has 2 aromatic rings. The Morgan fingerprint density at radius 3 is 2.72 bits per heavy atom. The number of alkyl carbamates (subject to hydrolysis) is 1. The zero-order valence-corrected chi connectivity index (χ0v) is 14.4. The summed E-state index contributed by atoms with van der Waals surface area (Å²) >= 11 is 1.12. The van der Waals surface area contributed by atoms with Crippen LogP contribution in [0.1, 0.15) is 6.92 Å². The lowest BCUT2D eigenvalue weighted by Gasteiger charge is -2.08. The summed E-state index contributed by atoms with van der Waals surface area (Å²) in [5.41, 5.74) is 0.693. The van der Waals surface area contributed by atoms with Gasteiger partial charge < -0.3 is 4.74 Å². The number of imide groups is 1. The highest BCUT2D eigenvalue weighted by molar-refractivity contribution is 7.99. The number of thioether (sulfide) groups is 1. The first-order valence-corrected chi connectivity index (χ1v) is 8.43. The van der Waals surface area contributed by atoms with Gasteiger partial charge in [-0.25, -0.2) is 9.18 Å². The van der Waals surface area contributed by atoms with Crippen molar-refractivity contribution in [3.05, 3.63) is 42.7 Å². The summed E-state index contributed by atoms with van der Waals surface area (Å²) in [5.74, 6) is -0.339. The lowest BCUT2D eigenvalue weighted by molar-refractivity contribution is -0.117. The number of hydrogen-bond acceptors (Lipinski definition) is 6. The van der Waals surface area contributed by atoms with Crippen LogP contribution >= 0.6 is 11.8 Å². The van der Waals surface area contributed by atoms with Crippen LogP contribution in [0.15, 0.2) is 42.1 Å². The third-order valence-electron chi connectivity index (χ3n) is 2.98. The molecule has 2 rings (SSSR count). The Morgan fingerprint density at radius 2 is 2.08 bits per heavy atom. The number of halogens is 1. The summed E-state index contributed by atoms with van der Waals surface area (Å²) in [6.45, 7) is 5.94. The van der Waals surface area contributed by atoms with E-state index >= 15 is 0 Å². The number of hydrogen-bond donors (Lipinski definition) is 1. The minimum Gasteiger partial charge on any atom is -0.450 e. The van der Waals surface area contributed by atoms with Gasteiger partial charge in [0.15, 0.2) is 11.0 Å². The first-order chi connectivity index (χ1) is 12.0. The van der Waals surface area contributed by atoms with E-state index in [1.54, 1.807) is 29.7 Å². The van der Waals surface area contributed by atoms with Gasteiger partial charge in [0.05, 0.1) is 12.4 Å². The monoisotopic (exact) mass is 364 g/mol. The summed E-state index contributed by atoms with van der Waals surface area (Å²) < 4.78 is 19.5. The number of nitrogens with zero attached hydrogens (tertiary/aromatic N) is 3. The molecule has 0 bridgehead atoms. The fraction of sp³-hybridized carbons (Fsp3) is 0.250. The number of carbonyl (C=O) groups is 2. The van der Waals surface area contributed by atoms with E-state index < -0.39 is 12.0 Å². The molecular formula is C16H17FN4O3S. The van der Waals surface area contributed by atoms with E-state index in [9.17, 15) is 14.0 Å². The average molecular weight is 364 g/mol. The van der Waals surface area contributed by atoms with Gasteiger partial charge in [0.2, 0.25) is 5.91 Å². The van der Waals surface area contributed by atoms with Crippen LogP contribution in [0.3, 0.4) is 0 Å². The second-order valence-electron chi connectivity index (χ2n) is 4.77. The summed E-state index contributed by atoms with van der Waals surface area (Å²) in [7, 11) is 0. The maximum absolute atomic E-state index is 13.1. The molecule has 0 fully saturated rings. The Morgan fingerprint density at radius 1 is 1.36 bits per heavy atom. The van der Waals surface area contributed by atoms with E-state index in [4.69, 9.17) is 0 Å². The van der Waals surface area contributed by atoms with Crippen molar-refractivity contribution < 1.29 is 18.7 Å². The van der Waals surface area contributed by atoms with Gasteiger partial charge >= 0.3 is 6.09 Å². The number of amides is 2. The van der Waals surface area contributed by atoms with E-state index in [2.05, 4.69) is 26.8 Å². The minimum atomic E-state index is -0.785. The van der Waals surface area contributed by atoms with E-state index in [0.29, 0.717) is 23.1 Å². The van der Waals surface area contributed by atoms with Crippen molar-refractivity contribution in [1.29, 1.82) is 0 Å². The maximum Gasteiger partial charge on any atom is 0.413 e. The summed E-state index contributed by atoms with van der Waals surface area (Å²) in [5, 5.41) is 10.8. The van der Waals surface area contributed by atoms with Crippen LogP contribution in [0.2, 0.25) is 0 Å². The minimum absolute atomic E-state index is 0.0302. The van der Waals surface area contributed by atoms with E-state index in [1.807, 2.05) is 0 Å². The molecule has 0 aliphatic heterocycles. The average Bonchev–Trinajstić information content (AvgIpc) is 2.97. The molecule has 7 nitrogen and oxygen atoms in total. The fourth-order valence-corrected chi connectivity index (χ4v) is 2.70. The predicted molar refractivity (Wildman–Crippen MR) is 91.5 cm³/mol. The molecule has 1 heterocycles. The SMILES string of the molecule is C=CCn1c(SCC(=O)NC(=O)OCC)nnc1-c1ccc(F)cc1. The quantitative estimate of drug-likeness (QED) is 0.600. The molecular weight excluding hydrogens is 347 g/mol. The van der Waals surface area contributed by atoms with Gasteiger partial charge in [0.1, 0.15) is 5.82 Å². The largest absolute Gasteiger partial charge is 0.450 e. The summed E-state index contributed by atoms with van der Waals surface area (Å²) in [6.07, 6.45) is 0.881. The molecule has 25 heavy (non-hydrogen) atoms. The van der Waals surface area contributed by atoms with Crippen molar-refractivity contribution >= 4 is 23.8 Å². The van der Waals surface area contributed by atoms with Crippen molar-refractivity contribution in [3.63, 3.8) is 0 Å². The molecule has 1 aromatic carbocycles. The molecule has 0 unspecified atom stereocenters. The third kappa shape index (κ3) is 5.15. The van der Waals surface area contributed by atoms with Gasteiger partial charge in [-0.1, -0.05) is 17.8 Å². The molecule has 1 aromatic heterocycles. The molecule has 9 heteroatoms.